The molecule has 1 rings (SSSR count). The maximum Gasteiger partial charge on any atom is 0.158 e. The molecule has 0 N–H and O–H groups in total. The van der Waals surface area contributed by atoms with Crippen molar-refractivity contribution < 1.29 is 14.3 Å². The first-order valence-corrected chi connectivity index (χ1v) is 6.22. The van der Waals surface area contributed by atoms with Crippen molar-refractivity contribution >= 4 is 5.78 Å². The molecule has 1 aliphatic heterocycles. The van der Waals surface area contributed by atoms with Gasteiger partial charge in [0.05, 0.1) is 13.2 Å². The molecule has 16 heavy (non-hydrogen) atoms. The van der Waals surface area contributed by atoms with E-state index < -0.39 is 0 Å². The lowest BCUT2D eigenvalue weighted by Gasteiger charge is -2.26. The van der Waals surface area contributed by atoms with Gasteiger partial charge in [-0.05, 0) is 26.3 Å². The van der Waals surface area contributed by atoms with Crippen molar-refractivity contribution in [3.8, 4) is 0 Å². The molecule has 0 amide bonds. The van der Waals surface area contributed by atoms with Crippen molar-refractivity contribution in [1.82, 2.24) is 4.90 Å². The van der Waals surface area contributed by atoms with Crippen LogP contribution in [0.1, 0.15) is 26.2 Å². The Kier molecular flexibility index (Phi) is 7.38. The fourth-order valence-electron chi connectivity index (χ4n) is 1.77. The van der Waals surface area contributed by atoms with Crippen molar-refractivity contribution in [2.75, 3.05) is 46.1 Å². The van der Waals surface area contributed by atoms with Crippen molar-refractivity contribution in [2.45, 2.75) is 26.2 Å². The van der Waals surface area contributed by atoms with Crippen LogP contribution in [0.15, 0.2) is 0 Å². The van der Waals surface area contributed by atoms with Crippen LogP contribution in [-0.2, 0) is 14.3 Å². The van der Waals surface area contributed by atoms with Gasteiger partial charge in [-0.15, -0.1) is 0 Å². The zero-order chi connectivity index (χ0) is 11.6. The first-order chi connectivity index (χ1) is 7.83. The Morgan fingerprint density at radius 3 is 2.75 bits per heavy atom. The Bertz CT molecular complexity index is 191. The highest BCUT2D eigenvalue weighted by molar-refractivity contribution is 5.79. The van der Waals surface area contributed by atoms with Gasteiger partial charge < -0.3 is 9.47 Å². The number of ketones is 1. The third-order valence-corrected chi connectivity index (χ3v) is 2.75. The van der Waals surface area contributed by atoms with Crippen molar-refractivity contribution in [3.05, 3.63) is 0 Å². The van der Waals surface area contributed by atoms with Crippen LogP contribution >= 0.6 is 0 Å². The number of hydrogen-bond donors (Lipinski definition) is 0. The van der Waals surface area contributed by atoms with Crippen LogP contribution in [-0.4, -0.2) is 56.7 Å². The van der Waals surface area contributed by atoms with Crippen LogP contribution in [0.3, 0.4) is 0 Å². The van der Waals surface area contributed by atoms with E-state index in [1.165, 1.54) is 0 Å². The van der Waals surface area contributed by atoms with Crippen molar-refractivity contribution in [2.24, 2.45) is 0 Å². The maximum atomic E-state index is 11.3. The Labute approximate surface area is 97.9 Å². The van der Waals surface area contributed by atoms with E-state index >= 15 is 0 Å². The average Bonchev–Trinajstić information content (AvgIpc) is 2.33. The summed E-state index contributed by atoms with van der Waals surface area (Å²) in [7, 11) is 0. The number of morpholine rings is 1. The van der Waals surface area contributed by atoms with Crippen LogP contribution in [0.25, 0.3) is 0 Å². The second-order valence-corrected chi connectivity index (χ2v) is 4.09. The molecular formula is C12H23NO3. The van der Waals surface area contributed by atoms with E-state index in [1.54, 1.807) is 0 Å². The number of hydrogen-bond acceptors (Lipinski definition) is 4. The molecule has 94 valence electrons. The van der Waals surface area contributed by atoms with Crippen LogP contribution in [0.2, 0.25) is 0 Å². The van der Waals surface area contributed by atoms with E-state index in [0.717, 1.165) is 45.7 Å². The second kappa shape index (κ2) is 8.67. The van der Waals surface area contributed by atoms with Gasteiger partial charge in [0.2, 0.25) is 0 Å². The van der Waals surface area contributed by atoms with E-state index in [0.29, 0.717) is 13.0 Å². The van der Waals surface area contributed by atoms with E-state index in [4.69, 9.17) is 9.47 Å². The van der Waals surface area contributed by atoms with Gasteiger partial charge in [-0.3, -0.25) is 9.69 Å². The summed E-state index contributed by atoms with van der Waals surface area (Å²) in [6.07, 6.45) is 2.73. The molecule has 1 aliphatic rings. The van der Waals surface area contributed by atoms with E-state index in [2.05, 4.69) is 4.90 Å². The summed E-state index contributed by atoms with van der Waals surface area (Å²) < 4.78 is 10.3. The lowest BCUT2D eigenvalue weighted by atomic mass is 10.2. The SMILES string of the molecule is CCOCC(=O)CCCCN1CCOCC1. The number of ether oxygens (including phenoxy) is 2. The standard InChI is InChI=1S/C12H23NO3/c1-2-15-11-12(14)5-3-4-6-13-7-9-16-10-8-13/h2-11H2,1H3. The largest absolute Gasteiger partial charge is 0.379 e. The van der Waals surface area contributed by atoms with Gasteiger partial charge in [0, 0.05) is 26.1 Å². The van der Waals surface area contributed by atoms with Crippen LogP contribution in [0.4, 0.5) is 0 Å². The molecule has 1 fully saturated rings. The Balaban J connectivity index is 1.92. The lowest BCUT2D eigenvalue weighted by Crippen LogP contribution is -2.36. The summed E-state index contributed by atoms with van der Waals surface area (Å²) in [5.74, 6) is 0.226. The zero-order valence-corrected chi connectivity index (χ0v) is 10.2. The molecule has 0 saturated carbocycles. The number of carbonyl (C=O) groups excluding carboxylic acids is 1. The summed E-state index contributed by atoms with van der Waals surface area (Å²) in [6.45, 7) is 7.68. The highest BCUT2D eigenvalue weighted by Gasteiger charge is 2.09. The lowest BCUT2D eigenvalue weighted by molar-refractivity contribution is -0.123. The highest BCUT2D eigenvalue weighted by Crippen LogP contribution is 2.02. The summed E-state index contributed by atoms with van der Waals surface area (Å²) in [6, 6.07) is 0. The first kappa shape index (κ1) is 13.6. The third-order valence-electron chi connectivity index (χ3n) is 2.75. The zero-order valence-electron chi connectivity index (χ0n) is 10.2. The summed E-state index contributed by atoms with van der Waals surface area (Å²) >= 11 is 0. The van der Waals surface area contributed by atoms with Gasteiger partial charge in [-0.25, -0.2) is 0 Å². The predicted octanol–water partition coefficient (Wildman–Crippen LogP) is 1.09. The van der Waals surface area contributed by atoms with Gasteiger partial charge in [-0.2, -0.15) is 0 Å². The minimum absolute atomic E-state index is 0.226. The molecule has 0 bridgehead atoms. The van der Waals surface area contributed by atoms with Crippen LogP contribution in [0, 0.1) is 0 Å². The number of rotatable bonds is 8. The molecule has 0 unspecified atom stereocenters. The monoisotopic (exact) mass is 229 g/mol. The van der Waals surface area contributed by atoms with Crippen LogP contribution in [0.5, 0.6) is 0 Å². The number of carbonyl (C=O) groups is 1. The molecular weight excluding hydrogens is 206 g/mol. The van der Waals surface area contributed by atoms with E-state index in [-0.39, 0.29) is 12.4 Å². The van der Waals surface area contributed by atoms with Gasteiger partial charge in [0.1, 0.15) is 6.61 Å². The quantitative estimate of drug-likeness (QED) is 0.584. The molecule has 1 heterocycles. The number of nitrogens with zero attached hydrogens (tertiary/aromatic N) is 1. The normalized spacial score (nSPS) is 17.6. The molecule has 0 aromatic heterocycles. The molecule has 0 aliphatic carbocycles. The molecule has 0 atom stereocenters. The molecule has 1 saturated heterocycles. The molecule has 0 spiro atoms. The summed E-state index contributed by atoms with van der Waals surface area (Å²) in [5.41, 5.74) is 0. The summed E-state index contributed by atoms with van der Waals surface area (Å²) in [5, 5.41) is 0. The topological polar surface area (TPSA) is 38.8 Å². The van der Waals surface area contributed by atoms with Crippen molar-refractivity contribution in [3.63, 3.8) is 0 Å². The summed E-state index contributed by atoms with van der Waals surface area (Å²) in [4.78, 5) is 13.7. The fraction of sp³-hybridized carbons (Fsp3) is 0.917. The molecule has 0 radical (unpaired) electrons. The Morgan fingerprint density at radius 1 is 1.31 bits per heavy atom. The fourth-order valence-corrected chi connectivity index (χ4v) is 1.77. The third kappa shape index (κ3) is 6.20. The average molecular weight is 229 g/mol. The van der Waals surface area contributed by atoms with Gasteiger partial charge in [0.15, 0.2) is 5.78 Å². The molecule has 4 heteroatoms. The van der Waals surface area contributed by atoms with E-state index in [1.807, 2.05) is 6.92 Å². The minimum Gasteiger partial charge on any atom is -0.379 e. The van der Waals surface area contributed by atoms with Gasteiger partial charge in [0.25, 0.3) is 0 Å². The highest BCUT2D eigenvalue weighted by atomic mass is 16.5. The Morgan fingerprint density at radius 2 is 2.06 bits per heavy atom. The molecule has 0 aromatic rings. The molecule has 0 aromatic carbocycles. The second-order valence-electron chi connectivity index (χ2n) is 4.09. The first-order valence-electron chi connectivity index (χ1n) is 6.22. The van der Waals surface area contributed by atoms with Gasteiger partial charge in [-0.1, -0.05) is 0 Å². The number of Topliss-reactive ketones (excluding diaryl/α,β-unsaturated/α-hetero) is 1. The Hall–Kier alpha value is -0.450. The van der Waals surface area contributed by atoms with E-state index in [9.17, 15) is 4.79 Å². The maximum absolute atomic E-state index is 11.3. The van der Waals surface area contributed by atoms with Crippen molar-refractivity contribution in [1.29, 1.82) is 0 Å². The number of unbranched alkanes of at least 4 members (excludes halogenated alkanes) is 1. The van der Waals surface area contributed by atoms with Crippen LogP contribution < -0.4 is 0 Å². The molecule has 4 nitrogen and oxygen atoms in total. The predicted molar refractivity (Wildman–Crippen MR) is 62.6 cm³/mol. The smallest absolute Gasteiger partial charge is 0.158 e. The minimum atomic E-state index is 0.226. The van der Waals surface area contributed by atoms with Gasteiger partial charge >= 0.3 is 0 Å².